The zero-order chi connectivity index (χ0) is 16.8. The Kier molecular flexibility index (Phi) is 5.22. The third-order valence-corrected chi connectivity index (χ3v) is 4.09. The van der Waals surface area contributed by atoms with Gasteiger partial charge in [-0.15, -0.1) is 0 Å². The number of para-hydroxylation sites is 1. The minimum Gasteiger partial charge on any atom is -0.504 e. The average molecular weight is 322 g/mol. The molecule has 0 N–H and O–H groups in total. The largest absolute Gasteiger partial charge is 0.504 e. The molecule has 24 heavy (non-hydrogen) atoms. The zero-order valence-electron chi connectivity index (χ0n) is 14.1. The highest BCUT2D eigenvalue weighted by atomic mass is 16.5. The molecule has 0 bridgehead atoms. The fourth-order valence-electron chi connectivity index (χ4n) is 2.83. The van der Waals surface area contributed by atoms with Crippen molar-refractivity contribution in [3.8, 4) is 5.75 Å². The predicted octanol–water partition coefficient (Wildman–Crippen LogP) is 4.86. The first kappa shape index (κ1) is 16.2. The molecule has 124 valence electrons. The molecule has 3 heteroatoms. The fraction of sp³-hybridized carbons (Fsp3) is 0.238. The van der Waals surface area contributed by atoms with E-state index in [0.29, 0.717) is 6.61 Å². The van der Waals surface area contributed by atoms with E-state index in [0.717, 1.165) is 34.4 Å². The van der Waals surface area contributed by atoms with Gasteiger partial charge in [-0.05, 0) is 35.8 Å². The van der Waals surface area contributed by atoms with Gasteiger partial charge in [0.15, 0.2) is 0 Å². The molecule has 1 heterocycles. The molecular weight excluding hydrogens is 300 g/mol. The van der Waals surface area contributed by atoms with Crippen LogP contribution < -0.4 is 4.74 Å². The molecule has 0 fully saturated rings. The van der Waals surface area contributed by atoms with Gasteiger partial charge in [0.2, 0.25) is 0 Å². The van der Waals surface area contributed by atoms with E-state index in [-0.39, 0.29) is 6.10 Å². The topological polar surface area (TPSA) is 27.7 Å². The molecule has 0 amide bonds. The lowest BCUT2D eigenvalue weighted by molar-refractivity contribution is 0.218. The lowest BCUT2D eigenvalue weighted by Crippen LogP contribution is -2.11. The Balaban J connectivity index is 1.84. The van der Waals surface area contributed by atoms with Crippen LogP contribution in [0, 0.1) is 6.92 Å². The summed E-state index contributed by atoms with van der Waals surface area (Å²) < 4.78 is 17.0. The molecule has 0 aliphatic carbocycles. The van der Waals surface area contributed by atoms with Crippen LogP contribution >= 0.6 is 0 Å². The van der Waals surface area contributed by atoms with E-state index in [1.165, 1.54) is 0 Å². The molecule has 3 nitrogen and oxygen atoms in total. The van der Waals surface area contributed by atoms with Crippen molar-refractivity contribution in [2.45, 2.75) is 26.1 Å². The average Bonchev–Trinajstić information content (AvgIpc) is 3.14. The van der Waals surface area contributed by atoms with Crippen molar-refractivity contribution in [3.63, 3.8) is 0 Å². The number of aryl methyl sites for hydroxylation is 1. The van der Waals surface area contributed by atoms with Crippen molar-refractivity contribution >= 4 is 5.57 Å². The lowest BCUT2D eigenvalue weighted by Gasteiger charge is -2.19. The van der Waals surface area contributed by atoms with Gasteiger partial charge in [0, 0.05) is 12.0 Å². The quantitative estimate of drug-likeness (QED) is 0.711. The van der Waals surface area contributed by atoms with Crippen molar-refractivity contribution in [2.24, 2.45) is 0 Å². The Labute approximate surface area is 143 Å². The molecule has 0 aromatic heterocycles. The summed E-state index contributed by atoms with van der Waals surface area (Å²) in [6, 6.07) is 16.3. The number of rotatable bonds is 6. The van der Waals surface area contributed by atoms with Gasteiger partial charge in [0.05, 0.1) is 19.6 Å². The van der Waals surface area contributed by atoms with Crippen molar-refractivity contribution < 1.29 is 14.2 Å². The molecule has 0 saturated carbocycles. The first-order valence-corrected chi connectivity index (χ1v) is 8.09. The van der Waals surface area contributed by atoms with Crippen LogP contribution in [0.25, 0.3) is 5.57 Å². The molecule has 3 rings (SSSR count). The van der Waals surface area contributed by atoms with Gasteiger partial charge in [-0.3, -0.25) is 0 Å². The summed E-state index contributed by atoms with van der Waals surface area (Å²) >= 11 is 0. The zero-order valence-corrected chi connectivity index (χ0v) is 14.1. The number of hydrogen-bond acceptors (Lipinski definition) is 3. The molecule has 0 saturated heterocycles. The van der Waals surface area contributed by atoms with Gasteiger partial charge in [-0.1, -0.05) is 42.5 Å². The number of methoxy groups -OCH3 is 1. The summed E-state index contributed by atoms with van der Waals surface area (Å²) in [6.45, 7) is 2.55. The van der Waals surface area contributed by atoms with E-state index in [1.54, 1.807) is 19.6 Å². The predicted molar refractivity (Wildman–Crippen MR) is 95.6 cm³/mol. The second-order valence-electron chi connectivity index (χ2n) is 5.75. The van der Waals surface area contributed by atoms with Crippen LogP contribution in [0.15, 0.2) is 67.1 Å². The Morgan fingerprint density at radius 1 is 1.17 bits per heavy atom. The van der Waals surface area contributed by atoms with E-state index < -0.39 is 0 Å². The van der Waals surface area contributed by atoms with Gasteiger partial charge in [-0.2, -0.15) is 0 Å². The van der Waals surface area contributed by atoms with Gasteiger partial charge >= 0.3 is 0 Å². The van der Waals surface area contributed by atoms with Crippen LogP contribution in [0.2, 0.25) is 0 Å². The number of benzene rings is 2. The normalized spacial score (nSPS) is 16.8. The summed E-state index contributed by atoms with van der Waals surface area (Å²) in [4.78, 5) is 0. The number of ether oxygens (including phenoxy) is 3. The molecule has 1 atom stereocenters. The SMILES string of the molecule is CO/C=C(\c1ccccc1COc1ccccc1C)C1CC=CO1. The van der Waals surface area contributed by atoms with Crippen molar-refractivity contribution in [1.29, 1.82) is 0 Å². The lowest BCUT2D eigenvalue weighted by atomic mass is 9.95. The third-order valence-electron chi connectivity index (χ3n) is 4.09. The third kappa shape index (κ3) is 3.62. The van der Waals surface area contributed by atoms with Gasteiger partial charge < -0.3 is 14.2 Å². The van der Waals surface area contributed by atoms with Crippen LogP contribution in [0.3, 0.4) is 0 Å². The minimum absolute atomic E-state index is 0.00967. The maximum absolute atomic E-state index is 6.03. The summed E-state index contributed by atoms with van der Waals surface area (Å²) in [5, 5.41) is 0. The van der Waals surface area contributed by atoms with Gasteiger partial charge in [-0.25, -0.2) is 0 Å². The van der Waals surface area contributed by atoms with E-state index >= 15 is 0 Å². The monoisotopic (exact) mass is 322 g/mol. The molecule has 0 spiro atoms. The molecule has 0 radical (unpaired) electrons. The Morgan fingerprint density at radius 3 is 2.71 bits per heavy atom. The first-order chi connectivity index (χ1) is 11.8. The van der Waals surface area contributed by atoms with Crippen molar-refractivity contribution in [1.82, 2.24) is 0 Å². The van der Waals surface area contributed by atoms with E-state index in [4.69, 9.17) is 14.2 Å². The van der Waals surface area contributed by atoms with Crippen LogP contribution in [-0.4, -0.2) is 13.2 Å². The Bertz CT molecular complexity index is 738. The summed E-state index contributed by atoms with van der Waals surface area (Å²) in [5.41, 5.74) is 4.37. The van der Waals surface area contributed by atoms with Crippen LogP contribution in [0.1, 0.15) is 23.1 Å². The first-order valence-electron chi connectivity index (χ1n) is 8.09. The maximum atomic E-state index is 6.03. The molecule has 1 unspecified atom stereocenters. The van der Waals surface area contributed by atoms with Crippen LogP contribution in [0.5, 0.6) is 5.75 Å². The van der Waals surface area contributed by atoms with Crippen LogP contribution in [0.4, 0.5) is 0 Å². The molecule has 1 aliphatic heterocycles. The highest BCUT2D eigenvalue weighted by Gasteiger charge is 2.21. The molecule has 2 aromatic rings. The summed E-state index contributed by atoms with van der Waals surface area (Å²) in [6.07, 6.45) is 6.39. The number of hydrogen-bond donors (Lipinski definition) is 0. The Morgan fingerprint density at radius 2 is 1.96 bits per heavy atom. The molecule has 2 aromatic carbocycles. The summed E-state index contributed by atoms with van der Waals surface area (Å²) in [5.74, 6) is 0.906. The second kappa shape index (κ2) is 7.73. The summed E-state index contributed by atoms with van der Waals surface area (Å²) in [7, 11) is 1.66. The highest BCUT2D eigenvalue weighted by Crippen LogP contribution is 2.30. The Hall–Kier alpha value is -2.68. The van der Waals surface area contributed by atoms with Crippen LogP contribution in [-0.2, 0) is 16.1 Å². The fourth-order valence-corrected chi connectivity index (χ4v) is 2.83. The van der Waals surface area contributed by atoms with E-state index in [1.807, 2.05) is 36.4 Å². The molecule has 1 aliphatic rings. The van der Waals surface area contributed by atoms with E-state index in [2.05, 4.69) is 25.1 Å². The minimum atomic E-state index is -0.00967. The molecular formula is C21H22O3. The van der Waals surface area contributed by atoms with Gasteiger partial charge in [0.25, 0.3) is 0 Å². The highest BCUT2D eigenvalue weighted by molar-refractivity contribution is 5.71. The maximum Gasteiger partial charge on any atom is 0.130 e. The van der Waals surface area contributed by atoms with Crippen molar-refractivity contribution in [3.05, 3.63) is 83.8 Å². The smallest absolute Gasteiger partial charge is 0.130 e. The van der Waals surface area contributed by atoms with E-state index in [9.17, 15) is 0 Å². The standard InChI is InChI=1S/C21H22O3/c1-16-8-3-6-11-20(16)24-14-17-9-4-5-10-18(17)19(15-22-2)21-12-7-13-23-21/h3-11,13,15,21H,12,14H2,1-2H3/b19-15+. The second-order valence-corrected chi connectivity index (χ2v) is 5.75. The van der Waals surface area contributed by atoms with Crippen molar-refractivity contribution in [2.75, 3.05) is 7.11 Å². The van der Waals surface area contributed by atoms with Gasteiger partial charge in [0.1, 0.15) is 18.5 Å².